The molecule has 3 aromatic rings. The number of hydrogen-bond acceptors (Lipinski definition) is 3. The molecule has 0 bridgehead atoms. The minimum absolute atomic E-state index is 0.00888. The summed E-state index contributed by atoms with van der Waals surface area (Å²) in [5.41, 5.74) is 0.813. The highest BCUT2D eigenvalue weighted by atomic mass is 19.1. The molecule has 30 heavy (non-hydrogen) atoms. The number of benzene rings is 2. The lowest BCUT2D eigenvalue weighted by molar-refractivity contribution is -0.123. The molecule has 152 valence electrons. The van der Waals surface area contributed by atoms with Crippen LogP contribution in [0, 0.1) is 18.6 Å². The summed E-state index contributed by atoms with van der Waals surface area (Å²) in [6.45, 7) is 1.30. The van der Waals surface area contributed by atoms with E-state index in [1.165, 1.54) is 16.8 Å². The normalized spacial score (nSPS) is 15.2. The first-order valence-corrected chi connectivity index (χ1v) is 9.00. The van der Waals surface area contributed by atoms with Gasteiger partial charge in [-0.2, -0.15) is 0 Å². The Labute approximate surface area is 169 Å². The number of urea groups is 1. The van der Waals surface area contributed by atoms with Gasteiger partial charge in [0, 0.05) is 17.3 Å². The van der Waals surface area contributed by atoms with E-state index in [0.717, 1.165) is 11.0 Å². The minimum Gasteiger partial charge on any atom is -0.303 e. The Morgan fingerprint density at radius 3 is 2.47 bits per heavy atom. The number of aromatic amines is 1. The van der Waals surface area contributed by atoms with Gasteiger partial charge in [-0.05, 0) is 31.2 Å². The van der Waals surface area contributed by atoms with Crippen molar-refractivity contribution >= 4 is 18.0 Å². The Morgan fingerprint density at radius 1 is 1.03 bits per heavy atom. The lowest BCUT2D eigenvalue weighted by Gasteiger charge is -2.12. The van der Waals surface area contributed by atoms with E-state index in [1.54, 1.807) is 31.2 Å². The number of carbonyl (C=O) groups excluding carboxylic acids is 2. The summed E-state index contributed by atoms with van der Waals surface area (Å²) in [5, 5.41) is 5.33. The van der Waals surface area contributed by atoms with Gasteiger partial charge in [0.2, 0.25) is 0 Å². The van der Waals surface area contributed by atoms with E-state index in [2.05, 4.69) is 10.4 Å². The summed E-state index contributed by atoms with van der Waals surface area (Å²) < 4.78 is 28.3. The fourth-order valence-electron chi connectivity index (χ4n) is 3.17. The molecule has 9 heteroatoms. The second kappa shape index (κ2) is 7.43. The summed E-state index contributed by atoms with van der Waals surface area (Å²) in [6, 6.07) is 11.0. The van der Waals surface area contributed by atoms with Crippen LogP contribution < -0.4 is 10.9 Å². The highest BCUT2D eigenvalue weighted by Crippen LogP contribution is 2.19. The number of halogens is 2. The van der Waals surface area contributed by atoms with Gasteiger partial charge in [-0.15, -0.1) is 0 Å². The first kappa shape index (κ1) is 19.3. The van der Waals surface area contributed by atoms with Crippen LogP contribution in [-0.2, 0) is 11.3 Å². The zero-order chi connectivity index (χ0) is 21.4. The molecule has 2 heterocycles. The van der Waals surface area contributed by atoms with Crippen molar-refractivity contribution in [2.24, 2.45) is 0 Å². The second-order valence-electron chi connectivity index (χ2n) is 6.74. The molecule has 0 aliphatic carbocycles. The topological polar surface area (TPSA) is 87.2 Å². The van der Waals surface area contributed by atoms with Gasteiger partial charge in [0.1, 0.15) is 17.3 Å². The summed E-state index contributed by atoms with van der Waals surface area (Å²) >= 11 is 0. The lowest BCUT2D eigenvalue weighted by atomic mass is 10.2. The quantitative estimate of drug-likeness (QED) is 0.512. The molecule has 4 rings (SSSR count). The van der Waals surface area contributed by atoms with Gasteiger partial charge < -0.3 is 5.32 Å². The first-order chi connectivity index (χ1) is 14.3. The number of rotatable bonds is 4. The maximum absolute atomic E-state index is 13.9. The van der Waals surface area contributed by atoms with Crippen molar-refractivity contribution in [2.45, 2.75) is 13.5 Å². The fraction of sp³-hybridized carbons (Fsp3) is 0.0952. The SMILES string of the molecule is Cc1[nH]n(-c2ccccc2)c(=O)c1C=C1NC(=O)N(Cc2ccc(F)cc2F)C1=O. The maximum atomic E-state index is 13.9. The minimum atomic E-state index is -0.861. The van der Waals surface area contributed by atoms with Crippen molar-refractivity contribution in [3.8, 4) is 5.69 Å². The standard InChI is InChI=1S/C21H16F2N4O3/c1-12-16(19(28)27(25-12)15-5-3-2-4-6-15)10-18-20(29)26(21(30)24-18)11-13-7-8-14(22)9-17(13)23/h2-10,25H,11H2,1H3,(H,24,30). The summed E-state index contributed by atoms with van der Waals surface area (Å²) in [5.74, 6) is -2.33. The Balaban J connectivity index is 1.64. The predicted molar refractivity (Wildman–Crippen MR) is 105 cm³/mol. The number of H-pyrrole nitrogens is 1. The molecule has 7 nitrogen and oxygen atoms in total. The Bertz CT molecular complexity index is 1240. The Morgan fingerprint density at radius 2 is 1.77 bits per heavy atom. The van der Waals surface area contributed by atoms with E-state index < -0.39 is 29.1 Å². The van der Waals surface area contributed by atoms with Crippen molar-refractivity contribution in [1.29, 1.82) is 0 Å². The average molecular weight is 410 g/mol. The van der Waals surface area contributed by atoms with Gasteiger partial charge in [0.25, 0.3) is 11.5 Å². The van der Waals surface area contributed by atoms with Crippen LogP contribution in [0.3, 0.4) is 0 Å². The van der Waals surface area contributed by atoms with E-state index in [1.807, 2.05) is 6.07 Å². The van der Waals surface area contributed by atoms with Gasteiger partial charge in [-0.1, -0.05) is 24.3 Å². The first-order valence-electron chi connectivity index (χ1n) is 9.00. The van der Waals surface area contributed by atoms with Gasteiger partial charge in [0.15, 0.2) is 0 Å². The molecule has 3 amide bonds. The number of para-hydroxylation sites is 1. The highest BCUT2D eigenvalue weighted by molar-refractivity contribution is 6.13. The smallest absolute Gasteiger partial charge is 0.303 e. The van der Waals surface area contributed by atoms with Crippen molar-refractivity contribution < 1.29 is 18.4 Å². The summed E-state index contributed by atoms with van der Waals surface area (Å²) in [4.78, 5) is 38.5. The van der Waals surface area contributed by atoms with E-state index in [9.17, 15) is 23.2 Å². The number of nitrogens with one attached hydrogen (secondary N) is 2. The predicted octanol–water partition coefficient (Wildman–Crippen LogP) is 2.85. The van der Waals surface area contributed by atoms with Crippen LogP contribution in [0.4, 0.5) is 13.6 Å². The summed E-state index contributed by atoms with van der Waals surface area (Å²) in [7, 11) is 0. The Kier molecular flexibility index (Phi) is 4.78. The molecule has 0 spiro atoms. The molecule has 1 aromatic heterocycles. The molecule has 0 atom stereocenters. The molecule has 1 aliphatic heterocycles. The van der Waals surface area contributed by atoms with E-state index in [4.69, 9.17) is 0 Å². The second-order valence-corrected chi connectivity index (χ2v) is 6.74. The third-order valence-electron chi connectivity index (χ3n) is 4.73. The molecule has 0 unspecified atom stereocenters. The van der Waals surface area contributed by atoms with E-state index in [0.29, 0.717) is 17.4 Å². The van der Waals surface area contributed by atoms with Gasteiger partial charge >= 0.3 is 6.03 Å². The van der Waals surface area contributed by atoms with Crippen LogP contribution in [-0.4, -0.2) is 26.6 Å². The van der Waals surface area contributed by atoms with Crippen molar-refractivity contribution in [3.05, 3.63) is 93.0 Å². The average Bonchev–Trinajstić information content (AvgIpc) is 3.15. The van der Waals surface area contributed by atoms with Crippen molar-refractivity contribution in [1.82, 2.24) is 20.0 Å². The van der Waals surface area contributed by atoms with E-state index >= 15 is 0 Å². The molecule has 2 N–H and O–H groups in total. The Hall–Kier alpha value is -4.01. The van der Waals surface area contributed by atoms with Crippen LogP contribution in [0.5, 0.6) is 0 Å². The van der Waals surface area contributed by atoms with Gasteiger partial charge in [0.05, 0.1) is 17.8 Å². The largest absolute Gasteiger partial charge is 0.329 e. The van der Waals surface area contributed by atoms with Crippen molar-refractivity contribution in [2.75, 3.05) is 0 Å². The zero-order valence-corrected chi connectivity index (χ0v) is 15.8. The molecular formula is C21H16F2N4O3. The van der Waals surface area contributed by atoms with Gasteiger partial charge in [-0.3, -0.25) is 19.6 Å². The molecular weight excluding hydrogens is 394 g/mol. The number of carbonyl (C=O) groups is 2. The number of amides is 3. The number of nitrogens with zero attached hydrogens (tertiary/aromatic N) is 2. The number of aromatic nitrogens is 2. The van der Waals surface area contributed by atoms with Gasteiger partial charge in [-0.25, -0.2) is 18.3 Å². The van der Waals surface area contributed by atoms with Crippen LogP contribution in [0.15, 0.2) is 59.0 Å². The zero-order valence-electron chi connectivity index (χ0n) is 15.8. The molecule has 0 saturated carbocycles. The number of imide groups is 1. The number of aryl methyl sites for hydroxylation is 1. The monoisotopic (exact) mass is 410 g/mol. The van der Waals surface area contributed by atoms with Crippen molar-refractivity contribution in [3.63, 3.8) is 0 Å². The number of hydrogen-bond donors (Lipinski definition) is 2. The fourth-order valence-corrected chi connectivity index (χ4v) is 3.17. The van der Waals surface area contributed by atoms with Crippen LogP contribution in [0.25, 0.3) is 11.8 Å². The lowest BCUT2D eigenvalue weighted by Crippen LogP contribution is -2.30. The molecule has 2 aromatic carbocycles. The molecule has 0 radical (unpaired) electrons. The van der Waals surface area contributed by atoms with E-state index in [-0.39, 0.29) is 23.4 Å². The molecule has 1 fully saturated rings. The third-order valence-corrected chi connectivity index (χ3v) is 4.73. The highest BCUT2D eigenvalue weighted by Gasteiger charge is 2.34. The molecule has 1 saturated heterocycles. The maximum Gasteiger partial charge on any atom is 0.329 e. The summed E-state index contributed by atoms with van der Waals surface area (Å²) in [6.07, 6.45) is 1.29. The van der Waals surface area contributed by atoms with Crippen LogP contribution in [0.1, 0.15) is 16.8 Å². The van der Waals surface area contributed by atoms with Crippen LogP contribution >= 0.6 is 0 Å². The third kappa shape index (κ3) is 3.41. The molecule has 1 aliphatic rings. The van der Waals surface area contributed by atoms with Crippen LogP contribution in [0.2, 0.25) is 0 Å².